The molecule has 0 radical (unpaired) electrons. The van der Waals surface area contributed by atoms with Crippen LogP contribution in [0.3, 0.4) is 0 Å². The molecule has 0 amide bonds. The number of hydrogen-bond donors (Lipinski definition) is 1. The maximum Gasteiger partial charge on any atom is 0.168 e. The molecule has 1 aromatic heterocycles. The van der Waals surface area contributed by atoms with Gasteiger partial charge in [-0.15, -0.1) is 5.10 Å². The fraction of sp³-hybridized carbons (Fsp3) is 0.909. The summed E-state index contributed by atoms with van der Waals surface area (Å²) in [6.07, 6.45) is 3.93. The molecular formula is C11H19N5O. The van der Waals surface area contributed by atoms with E-state index in [0.717, 1.165) is 24.8 Å². The van der Waals surface area contributed by atoms with E-state index >= 15 is 0 Å². The van der Waals surface area contributed by atoms with Crippen molar-refractivity contribution >= 4 is 0 Å². The molecule has 2 aliphatic rings. The Morgan fingerprint density at radius 1 is 1.41 bits per heavy atom. The van der Waals surface area contributed by atoms with Crippen molar-refractivity contribution < 1.29 is 4.74 Å². The van der Waals surface area contributed by atoms with Crippen molar-refractivity contribution in [1.29, 1.82) is 0 Å². The number of tetrazole rings is 1. The molecule has 1 aliphatic heterocycles. The van der Waals surface area contributed by atoms with Crippen molar-refractivity contribution in [2.75, 3.05) is 13.7 Å². The van der Waals surface area contributed by atoms with Crippen molar-refractivity contribution in [2.24, 2.45) is 5.92 Å². The third-order valence-corrected chi connectivity index (χ3v) is 3.84. The summed E-state index contributed by atoms with van der Waals surface area (Å²) < 4.78 is 7.81. The quantitative estimate of drug-likeness (QED) is 0.834. The van der Waals surface area contributed by atoms with Gasteiger partial charge in [-0.2, -0.15) is 0 Å². The van der Waals surface area contributed by atoms with Crippen LogP contribution in [-0.2, 0) is 4.74 Å². The Bertz CT molecular complexity index is 389. The zero-order chi connectivity index (χ0) is 11.8. The first-order chi connectivity index (χ1) is 8.31. The lowest BCUT2D eigenvalue weighted by atomic mass is 10.1. The van der Waals surface area contributed by atoms with E-state index < -0.39 is 0 Å². The lowest BCUT2D eigenvalue weighted by molar-refractivity contribution is 0.0712. The lowest BCUT2D eigenvalue weighted by Gasteiger charge is -2.20. The highest BCUT2D eigenvalue weighted by molar-refractivity contribution is 4.98. The molecular weight excluding hydrogens is 218 g/mol. The maximum absolute atomic E-state index is 5.84. The summed E-state index contributed by atoms with van der Waals surface area (Å²) in [6, 6.07) is 0.494. The Balaban J connectivity index is 1.85. The van der Waals surface area contributed by atoms with Gasteiger partial charge in [0.05, 0.1) is 18.2 Å². The highest BCUT2D eigenvalue weighted by Crippen LogP contribution is 2.43. The largest absolute Gasteiger partial charge is 0.376 e. The average Bonchev–Trinajstić information content (AvgIpc) is 2.91. The first kappa shape index (κ1) is 11.1. The fourth-order valence-electron chi connectivity index (χ4n) is 2.59. The molecule has 1 N–H and O–H groups in total. The number of nitrogens with one attached hydrogen (secondary N) is 1. The van der Waals surface area contributed by atoms with Gasteiger partial charge in [-0.05, 0) is 49.6 Å². The zero-order valence-corrected chi connectivity index (χ0v) is 10.3. The van der Waals surface area contributed by atoms with Crippen LogP contribution in [0.5, 0.6) is 0 Å². The van der Waals surface area contributed by atoms with E-state index in [0.29, 0.717) is 12.1 Å². The van der Waals surface area contributed by atoms with Crippen molar-refractivity contribution in [3.8, 4) is 0 Å². The molecule has 1 saturated carbocycles. The molecule has 2 fully saturated rings. The number of aromatic nitrogens is 4. The molecule has 3 atom stereocenters. The van der Waals surface area contributed by atoms with Gasteiger partial charge in [0, 0.05) is 6.61 Å². The minimum Gasteiger partial charge on any atom is -0.376 e. The normalized spacial score (nSPS) is 30.7. The first-order valence-corrected chi connectivity index (χ1v) is 6.38. The SMILES string of the molecule is CNC(C)c1nnnn1C1CCOC1C1CC1. The molecule has 0 bridgehead atoms. The highest BCUT2D eigenvalue weighted by atomic mass is 16.5. The van der Waals surface area contributed by atoms with Gasteiger partial charge in [0.2, 0.25) is 0 Å². The van der Waals surface area contributed by atoms with Crippen LogP contribution in [0.1, 0.15) is 44.1 Å². The second kappa shape index (κ2) is 4.34. The molecule has 3 unspecified atom stereocenters. The molecule has 3 rings (SSSR count). The van der Waals surface area contributed by atoms with Crippen molar-refractivity contribution in [3.63, 3.8) is 0 Å². The molecule has 17 heavy (non-hydrogen) atoms. The van der Waals surface area contributed by atoms with Gasteiger partial charge in [-0.25, -0.2) is 4.68 Å². The van der Waals surface area contributed by atoms with E-state index in [9.17, 15) is 0 Å². The molecule has 6 nitrogen and oxygen atoms in total. The third-order valence-electron chi connectivity index (χ3n) is 3.84. The van der Waals surface area contributed by atoms with Crippen LogP contribution >= 0.6 is 0 Å². The Kier molecular flexibility index (Phi) is 2.84. The first-order valence-electron chi connectivity index (χ1n) is 6.38. The maximum atomic E-state index is 5.84. The third kappa shape index (κ3) is 1.95. The number of hydrogen-bond acceptors (Lipinski definition) is 5. The van der Waals surface area contributed by atoms with Gasteiger partial charge in [0.15, 0.2) is 5.82 Å². The van der Waals surface area contributed by atoms with E-state index in [1.807, 2.05) is 11.7 Å². The number of rotatable bonds is 4. The molecule has 6 heteroatoms. The van der Waals surface area contributed by atoms with E-state index in [1.54, 1.807) is 0 Å². The molecule has 1 aromatic rings. The van der Waals surface area contributed by atoms with Crippen LogP contribution in [0.2, 0.25) is 0 Å². The Morgan fingerprint density at radius 2 is 2.24 bits per heavy atom. The second-order valence-corrected chi connectivity index (χ2v) is 5.02. The summed E-state index contributed by atoms with van der Waals surface area (Å²) in [5.74, 6) is 1.64. The van der Waals surface area contributed by atoms with Gasteiger partial charge < -0.3 is 10.1 Å². The average molecular weight is 237 g/mol. The summed E-state index contributed by atoms with van der Waals surface area (Å²) >= 11 is 0. The van der Waals surface area contributed by atoms with Gasteiger partial charge in [-0.1, -0.05) is 0 Å². The fourth-order valence-corrected chi connectivity index (χ4v) is 2.59. The van der Waals surface area contributed by atoms with Crippen molar-refractivity contribution in [3.05, 3.63) is 5.82 Å². The van der Waals surface area contributed by atoms with Crippen LogP contribution < -0.4 is 5.32 Å². The Morgan fingerprint density at radius 3 is 2.94 bits per heavy atom. The molecule has 0 aromatic carbocycles. The van der Waals surface area contributed by atoms with Gasteiger partial charge in [0.1, 0.15) is 0 Å². The van der Waals surface area contributed by atoms with Gasteiger partial charge >= 0.3 is 0 Å². The van der Waals surface area contributed by atoms with E-state index in [2.05, 4.69) is 27.8 Å². The predicted molar refractivity (Wildman–Crippen MR) is 61.4 cm³/mol. The molecule has 0 spiro atoms. The molecule has 1 saturated heterocycles. The summed E-state index contributed by atoms with van der Waals surface area (Å²) in [4.78, 5) is 0. The topological polar surface area (TPSA) is 64.9 Å². The highest BCUT2D eigenvalue weighted by Gasteiger charge is 2.43. The van der Waals surface area contributed by atoms with E-state index in [-0.39, 0.29) is 6.04 Å². The van der Waals surface area contributed by atoms with Crippen LogP contribution in [0.4, 0.5) is 0 Å². The van der Waals surface area contributed by atoms with Crippen molar-refractivity contribution in [1.82, 2.24) is 25.5 Å². The standard InChI is InChI=1S/C11H19N5O/c1-7(12-2)11-13-14-15-16(11)9-5-6-17-10(9)8-3-4-8/h7-10,12H,3-6H2,1-2H3. The van der Waals surface area contributed by atoms with Crippen molar-refractivity contribution in [2.45, 2.75) is 44.4 Å². The number of nitrogens with zero attached hydrogens (tertiary/aromatic N) is 4. The second-order valence-electron chi connectivity index (χ2n) is 5.02. The van der Waals surface area contributed by atoms with E-state index in [4.69, 9.17) is 4.74 Å². The van der Waals surface area contributed by atoms with Crippen LogP contribution in [-0.4, -0.2) is 40.0 Å². The Labute approximate surface area is 101 Å². The van der Waals surface area contributed by atoms with Gasteiger partial charge in [0.25, 0.3) is 0 Å². The summed E-state index contributed by atoms with van der Waals surface area (Å²) in [5.41, 5.74) is 0. The minimum absolute atomic E-state index is 0.172. The van der Waals surface area contributed by atoms with Crippen LogP contribution in [0, 0.1) is 5.92 Å². The summed E-state index contributed by atoms with van der Waals surface area (Å²) in [6.45, 7) is 2.91. The van der Waals surface area contributed by atoms with E-state index in [1.165, 1.54) is 12.8 Å². The smallest absolute Gasteiger partial charge is 0.168 e. The molecule has 2 heterocycles. The predicted octanol–water partition coefficient (Wildman–Crippen LogP) is 0.693. The monoisotopic (exact) mass is 237 g/mol. The Hall–Kier alpha value is -1.01. The summed E-state index contributed by atoms with van der Waals surface area (Å²) in [5, 5.41) is 15.3. The summed E-state index contributed by atoms with van der Waals surface area (Å²) in [7, 11) is 1.92. The minimum atomic E-state index is 0.172. The lowest BCUT2D eigenvalue weighted by Crippen LogP contribution is -2.27. The zero-order valence-electron chi connectivity index (χ0n) is 10.3. The van der Waals surface area contributed by atoms with Gasteiger partial charge in [-0.3, -0.25) is 0 Å². The molecule has 94 valence electrons. The number of ether oxygens (including phenoxy) is 1. The van der Waals surface area contributed by atoms with Crippen LogP contribution in [0.25, 0.3) is 0 Å². The molecule has 1 aliphatic carbocycles. The van der Waals surface area contributed by atoms with Crippen LogP contribution in [0.15, 0.2) is 0 Å².